The van der Waals surface area contributed by atoms with E-state index in [1.54, 1.807) is 0 Å². The van der Waals surface area contributed by atoms with Gasteiger partial charge in [0.05, 0.1) is 37.2 Å². The summed E-state index contributed by atoms with van der Waals surface area (Å²) in [7, 11) is 4.39. The lowest BCUT2D eigenvalue weighted by atomic mass is 9.78. The predicted octanol–water partition coefficient (Wildman–Crippen LogP) is 24.1. The summed E-state index contributed by atoms with van der Waals surface area (Å²) >= 11 is 28.6. The van der Waals surface area contributed by atoms with E-state index in [4.69, 9.17) is 61.4 Å². The maximum Gasteiger partial charge on any atom is 0.227 e. The number of anilines is 6. The topological polar surface area (TPSA) is 123 Å². The van der Waals surface area contributed by atoms with Crippen LogP contribution in [0.25, 0.3) is 33.8 Å². The molecule has 0 amide bonds. The van der Waals surface area contributed by atoms with Crippen molar-refractivity contribution in [3.05, 3.63) is 352 Å². The fourth-order valence-corrected chi connectivity index (χ4v) is 16.9. The number of halogens is 5. The van der Waals surface area contributed by atoms with E-state index < -0.39 is 0 Å². The second-order valence-electron chi connectivity index (χ2n) is 30.4. The molecular weight excluding hydrogens is 1550 g/mol. The Bertz CT molecular complexity index is 5400. The molecule has 0 bridgehead atoms. The second-order valence-corrected chi connectivity index (χ2v) is 33.0. The molecule has 0 spiro atoms. The molecule has 578 valence electrons. The van der Waals surface area contributed by atoms with Gasteiger partial charge in [0.15, 0.2) is 0 Å². The van der Waals surface area contributed by atoms with Gasteiger partial charge in [-0.05, 0) is 243 Å². The number of likely N-dealkylation sites (N-methyl/N-ethyl adjacent to an activating group) is 2. The zero-order chi connectivity index (χ0) is 78.3. The number of unbranched alkanes of at least 4 members (excludes halogenated alkanes) is 1. The smallest absolute Gasteiger partial charge is 0.227 e. The Labute approximate surface area is 700 Å². The van der Waals surface area contributed by atoms with E-state index in [-0.39, 0.29) is 11.8 Å². The summed E-state index contributed by atoms with van der Waals surface area (Å²) in [5.41, 5.74) is 25.7. The first kappa shape index (κ1) is 79.6. The zero-order valence-electron chi connectivity index (χ0n) is 64.8. The van der Waals surface area contributed by atoms with E-state index in [0.717, 1.165) is 150 Å². The number of rotatable bonds is 24. The van der Waals surface area contributed by atoms with Crippen LogP contribution < -0.4 is 16.0 Å². The third kappa shape index (κ3) is 20.2. The van der Waals surface area contributed by atoms with Crippen molar-refractivity contribution in [3.63, 3.8) is 0 Å². The van der Waals surface area contributed by atoms with Crippen molar-refractivity contribution in [1.82, 2.24) is 44.6 Å². The summed E-state index contributed by atoms with van der Waals surface area (Å²) in [5.74, 6) is 2.50. The van der Waals surface area contributed by atoms with Gasteiger partial charge in [-0.2, -0.15) is 0 Å². The number of nitrogens with one attached hydrogen (secondary N) is 3. The lowest BCUT2D eigenvalue weighted by molar-refractivity contribution is 0.231. The van der Waals surface area contributed by atoms with Crippen LogP contribution in [0.4, 0.5) is 34.9 Å². The average molecular weight is 1650 g/mol. The predicted molar refractivity (Wildman–Crippen MR) is 477 cm³/mol. The summed E-state index contributed by atoms with van der Waals surface area (Å²) in [6.07, 6.45) is 19.2. The molecule has 12 nitrogen and oxygen atoms in total. The minimum atomic E-state index is 0.167. The van der Waals surface area contributed by atoms with E-state index in [2.05, 4.69) is 295 Å². The molecule has 4 aliphatic rings. The third-order valence-electron chi connectivity index (χ3n) is 22.5. The molecule has 17 heteroatoms. The maximum atomic E-state index is 6.37. The lowest BCUT2D eigenvalue weighted by Crippen LogP contribution is -2.31. The van der Waals surface area contributed by atoms with Crippen LogP contribution in [0.1, 0.15) is 129 Å². The molecule has 3 atom stereocenters. The van der Waals surface area contributed by atoms with Gasteiger partial charge in [-0.25, -0.2) is 29.9 Å². The molecule has 3 aromatic heterocycles. The Morgan fingerprint density at radius 3 is 1.15 bits per heavy atom. The number of nitrogens with zero attached hydrogens (tertiary/aromatic N) is 9. The molecular formula is C97H95BrCl4N12. The van der Waals surface area contributed by atoms with Crippen LogP contribution in [0.15, 0.2) is 260 Å². The van der Waals surface area contributed by atoms with Crippen LogP contribution in [0.3, 0.4) is 0 Å². The Morgan fingerprint density at radius 2 is 0.746 bits per heavy atom. The lowest BCUT2D eigenvalue weighted by Gasteiger charge is -2.27. The number of fused-ring (bicyclic) bond motifs is 9. The molecule has 1 fully saturated rings. The van der Waals surface area contributed by atoms with E-state index in [9.17, 15) is 0 Å². The van der Waals surface area contributed by atoms with Crippen molar-refractivity contribution in [3.8, 4) is 33.8 Å². The molecule has 13 aromatic rings. The molecule has 3 aliphatic carbocycles. The fourth-order valence-electron chi connectivity index (χ4n) is 16.0. The van der Waals surface area contributed by atoms with Gasteiger partial charge >= 0.3 is 0 Å². The Hall–Kier alpha value is -9.64. The first-order valence-corrected chi connectivity index (χ1v) is 42.3. The Kier molecular flexibility index (Phi) is 26.7. The maximum absolute atomic E-state index is 6.37. The summed E-state index contributed by atoms with van der Waals surface area (Å²) in [4.78, 5) is 36.3. The second kappa shape index (κ2) is 38.2. The van der Waals surface area contributed by atoms with Gasteiger partial charge in [0, 0.05) is 101 Å². The minimum absolute atomic E-state index is 0.167. The van der Waals surface area contributed by atoms with Gasteiger partial charge in [0.25, 0.3) is 0 Å². The van der Waals surface area contributed by atoms with E-state index >= 15 is 0 Å². The van der Waals surface area contributed by atoms with E-state index in [1.165, 1.54) is 101 Å². The summed E-state index contributed by atoms with van der Waals surface area (Å²) in [5, 5.41) is 12.5. The molecule has 0 unspecified atom stereocenters. The van der Waals surface area contributed by atoms with Crippen LogP contribution in [0, 0.1) is 0 Å². The number of piperidine rings is 1. The van der Waals surface area contributed by atoms with Gasteiger partial charge in [0.1, 0.15) is 0 Å². The van der Waals surface area contributed by atoms with E-state index in [0.29, 0.717) is 43.9 Å². The molecule has 4 heterocycles. The van der Waals surface area contributed by atoms with Crippen LogP contribution in [0.2, 0.25) is 20.1 Å². The summed E-state index contributed by atoms with van der Waals surface area (Å²) < 4.78 is 1.10. The largest absolute Gasteiger partial charge is 0.324 e. The Balaban J connectivity index is 0.000000135. The Morgan fingerprint density at radius 1 is 0.386 bits per heavy atom. The van der Waals surface area contributed by atoms with E-state index in [1.807, 2.05) is 42.9 Å². The van der Waals surface area contributed by atoms with Crippen molar-refractivity contribution in [1.29, 1.82) is 0 Å². The highest BCUT2D eigenvalue weighted by atomic mass is 79.9. The van der Waals surface area contributed by atoms with Gasteiger partial charge in [-0.3, -0.25) is 0 Å². The SMILES string of the molecule is Brc1ccc([C@@H]2Cc3cnc(Nc4ccc(CCN5CCCCC5)cc4)nc3-c3ccccc32)cc1.CCCCN(C)CCc1ccc(Nc2ncc3c(n2)-c2ccccc2[C@H](c2ccc(Cl)c(Cl)c2)C3)cc1.CN(CCc1ccccc1)CCc1ccc(Nc2ncc3c(n2)-c2ccccc2[C@H](c2ccc(Cl)c(Cl)c2)C3)cc1. The van der Waals surface area contributed by atoms with Crippen molar-refractivity contribution < 1.29 is 0 Å². The number of likely N-dealkylation sites (tertiary alicyclic amines) is 1. The fraction of sp³-hybridized carbons (Fsp3) is 0.258. The van der Waals surface area contributed by atoms with Crippen molar-refractivity contribution in [2.45, 2.75) is 102 Å². The van der Waals surface area contributed by atoms with Gasteiger partial charge in [0.2, 0.25) is 17.8 Å². The monoisotopic (exact) mass is 1650 g/mol. The highest BCUT2D eigenvalue weighted by Crippen LogP contribution is 2.47. The standard InChI is InChI=1S/C35H32Cl2N4.C31H31BrN4.C31H32Cl2N4/c1-41(19-17-24-7-3-2-4-8-24)20-18-25-11-14-28(15-12-25)39-35-38-23-27-21-31(26-13-16-32(36)33(37)22-26)29-9-5-6-10-30(29)34(27)40-35;32-25-12-10-23(11-13-25)29-20-24-21-33-31(35-30(24)28-7-3-2-6-27(28)29)34-26-14-8-22(9-15-26)16-19-36-17-4-1-5-18-36;1-3-4-16-37(2)17-15-21-9-12-24(13-10-21)35-31-34-20-23-18-27(22-11-14-28(32)29(33)19-22)25-7-5-6-8-26(25)30(23)36-31/h2-16,22-23,31H,17-21H2,1H3,(H,38,39,40);2-3,6-15,21,29H,1,4-5,16-20H2,(H,33,34,35);5-14,19-20,27H,3-4,15-18H2,1-2H3,(H,34,35,36)/t31-;29-;27-/m000/s1. The highest BCUT2D eigenvalue weighted by molar-refractivity contribution is 9.10. The number of aromatic nitrogens is 6. The molecule has 0 radical (unpaired) electrons. The average Bonchev–Trinajstić information content (AvgIpc) is 0.769. The minimum Gasteiger partial charge on any atom is -0.324 e. The molecule has 114 heavy (non-hydrogen) atoms. The molecule has 17 rings (SSSR count). The number of benzene rings is 10. The quantitative estimate of drug-likeness (QED) is 0.0534. The number of hydrogen-bond donors (Lipinski definition) is 3. The number of hydrogen-bond acceptors (Lipinski definition) is 12. The van der Waals surface area contributed by atoms with Gasteiger partial charge in [-0.15, -0.1) is 0 Å². The van der Waals surface area contributed by atoms with Crippen LogP contribution in [-0.4, -0.2) is 105 Å². The van der Waals surface area contributed by atoms with Crippen LogP contribution in [0.5, 0.6) is 0 Å². The molecule has 1 aliphatic heterocycles. The van der Waals surface area contributed by atoms with Crippen LogP contribution in [-0.2, 0) is 44.9 Å². The van der Waals surface area contributed by atoms with Crippen molar-refractivity contribution in [2.24, 2.45) is 0 Å². The zero-order valence-corrected chi connectivity index (χ0v) is 69.4. The molecule has 3 N–H and O–H groups in total. The third-order valence-corrected chi connectivity index (χ3v) is 24.5. The van der Waals surface area contributed by atoms with Crippen molar-refractivity contribution in [2.75, 3.05) is 75.9 Å². The van der Waals surface area contributed by atoms with Gasteiger partial charge in [-0.1, -0.05) is 246 Å². The van der Waals surface area contributed by atoms with Gasteiger partial charge < -0.3 is 30.7 Å². The molecule has 1 saturated heterocycles. The molecule has 10 aromatic carbocycles. The first-order valence-electron chi connectivity index (χ1n) is 40.0. The van der Waals surface area contributed by atoms with Crippen LogP contribution >= 0.6 is 62.3 Å². The van der Waals surface area contributed by atoms with Crippen molar-refractivity contribution >= 4 is 97.2 Å². The normalized spacial score (nSPS) is 15.2. The summed E-state index contributed by atoms with van der Waals surface area (Å²) in [6, 6.07) is 82.6. The first-order chi connectivity index (χ1) is 55.8. The summed E-state index contributed by atoms with van der Waals surface area (Å²) in [6.45, 7) is 10.2. The molecule has 0 saturated carbocycles. The highest BCUT2D eigenvalue weighted by Gasteiger charge is 2.32.